The summed E-state index contributed by atoms with van der Waals surface area (Å²) in [4.78, 5) is 0.146. The average Bonchev–Trinajstić information content (AvgIpc) is 3.26. The highest BCUT2D eigenvalue weighted by atomic mass is 35.5. The SMILES string of the molecule is O=S(=O)(Nc1cc(Cl)ccc1Cl)c1ccc2c(c1)[C@H]1C=CC[C@H]1[C@@H](c1c(Cl)cccc1Cl)N2. The zero-order valence-corrected chi connectivity index (χ0v) is 20.9. The van der Waals surface area contributed by atoms with Crippen molar-refractivity contribution in [3.8, 4) is 0 Å². The Kier molecular flexibility index (Phi) is 6.04. The highest BCUT2D eigenvalue weighted by Gasteiger charge is 2.40. The first kappa shape index (κ1) is 22.9. The van der Waals surface area contributed by atoms with Gasteiger partial charge in [-0.25, -0.2) is 8.42 Å². The molecule has 0 radical (unpaired) electrons. The first-order valence-corrected chi connectivity index (χ1v) is 13.2. The highest BCUT2D eigenvalue weighted by Crippen LogP contribution is 2.52. The fourth-order valence-electron chi connectivity index (χ4n) is 4.61. The Morgan fingerprint density at radius 3 is 2.42 bits per heavy atom. The van der Waals surface area contributed by atoms with Gasteiger partial charge in [0.15, 0.2) is 0 Å². The third-order valence-electron chi connectivity index (χ3n) is 6.13. The van der Waals surface area contributed by atoms with Gasteiger partial charge in [0.2, 0.25) is 0 Å². The van der Waals surface area contributed by atoms with E-state index in [9.17, 15) is 8.42 Å². The molecule has 3 aromatic rings. The van der Waals surface area contributed by atoms with Crippen molar-refractivity contribution in [2.24, 2.45) is 5.92 Å². The number of rotatable bonds is 4. The molecule has 1 heterocycles. The molecule has 2 N–H and O–H groups in total. The number of sulfonamides is 1. The molecule has 0 saturated heterocycles. The van der Waals surface area contributed by atoms with Gasteiger partial charge in [-0.15, -0.1) is 0 Å². The Morgan fingerprint density at radius 2 is 1.67 bits per heavy atom. The average molecular weight is 540 g/mol. The van der Waals surface area contributed by atoms with Crippen LogP contribution in [0.15, 0.2) is 71.6 Å². The summed E-state index contributed by atoms with van der Waals surface area (Å²) in [5.74, 6) is 0.187. The van der Waals surface area contributed by atoms with Crippen LogP contribution in [0.1, 0.15) is 29.5 Å². The molecular formula is C24H18Cl4N2O2S. The van der Waals surface area contributed by atoms with E-state index >= 15 is 0 Å². The molecule has 0 spiro atoms. The summed E-state index contributed by atoms with van der Waals surface area (Å²) in [6, 6.07) is 15.1. The molecule has 170 valence electrons. The van der Waals surface area contributed by atoms with E-state index in [1.165, 1.54) is 6.07 Å². The number of anilines is 2. The van der Waals surface area contributed by atoms with Crippen LogP contribution in [-0.4, -0.2) is 8.42 Å². The van der Waals surface area contributed by atoms with Crippen LogP contribution in [0.2, 0.25) is 20.1 Å². The molecule has 33 heavy (non-hydrogen) atoms. The lowest BCUT2D eigenvalue weighted by Crippen LogP contribution is -2.29. The zero-order chi connectivity index (χ0) is 23.3. The van der Waals surface area contributed by atoms with Crippen molar-refractivity contribution in [3.05, 3.63) is 98.0 Å². The van der Waals surface area contributed by atoms with Crippen molar-refractivity contribution in [1.29, 1.82) is 0 Å². The molecule has 3 aromatic carbocycles. The van der Waals surface area contributed by atoms with E-state index in [2.05, 4.69) is 22.2 Å². The van der Waals surface area contributed by atoms with E-state index in [-0.39, 0.29) is 33.5 Å². The van der Waals surface area contributed by atoms with Crippen LogP contribution >= 0.6 is 46.4 Å². The molecule has 4 nitrogen and oxygen atoms in total. The van der Waals surface area contributed by atoms with Crippen LogP contribution in [-0.2, 0) is 10.0 Å². The number of hydrogen-bond acceptors (Lipinski definition) is 3. The molecule has 0 aromatic heterocycles. The number of benzene rings is 3. The van der Waals surface area contributed by atoms with Crippen molar-refractivity contribution in [2.75, 3.05) is 10.0 Å². The first-order valence-electron chi connectivity index (χ1n) is 10.2. The molecule has 1 aliphatic carbocycles. The Bertz CT molecular complexity index is 1370. The quantitative estimate of drug-likeness (QED) is 0.331. The molecule has 0 bridgehead atoms. The third kappa shape index (κ3) is 4.22. The van der Waals surface area contributed by atoms with E-state index in [0.717, 1.165) is 23.2 Å². The van der Waals surface area contributed by atoms with Gasteiger partial charge >= 0.3 is 0 Å². The lowest BCUT2D eigenvalue weighted by atomic mass is 9.77. The van der Waals surface area contributed by atoms with Crippen LogP contribution in [0.25, 0.3) is 0 Å². The summed E-state index contributed by atoms with van der Waals surface area (Å²) in [7, 11) is -3.88. The molecular weight excluding hydrogens is 522 g/mol. The van der Waals surface area contributed by atoms with Gasteiger partial charge in [0.1, 0.15) is 0 Å². The number of hydrogen-bond donors (Lipinski definition) is 2. The molecule has 0 amide bonds. The predicted molar refractivity (Wildman–Crippen MR) is 137 cm³/mol. The van der Waals surface area contributed by atoms with Crippen LogP contribution in [0.4, 0.5) is 11.4 Å². The first-order chi connectivity index (χ1) is 15.7. The molecule has 1 aliphatic heterocycles. The summed E-state index contributed by atoms with van der Waals surface area (Å²) in [5, 5.41) is 5.41. The molecule has 0 unspecified atom stereocenters. The molecule has 2 aliphatic rings. The Hall–Kier alpha value is -1.89. The Morgan fingerprint density at radius 1 is 0.909 bits per heavy atom. The second-order valence-electron chi connectivity index (χ2n) is 8.09. The smallest absolute Gasteiger partial charge is 0.261 e. The minimum Gasteiger partial charge on any atom is -0.378 e. The van der Waals surface area contributed by atoms with E-state index in [0.29, 0.717) is 15.1 Å². The third-order valence-corrected chi connectivity index (χ3v) is 8.72. The van der Waals surface area contributed by atoms with Gasteiger partial charge in [-0.1, -0.05) is 64.6 Å². The summed E-state index contributed by atoms with van der Waals surface area (Å²) in [6.07, 6.45) is 5.07. The Labute approximate surface area is 212 Å². The molecule has 5 rings (SSSR count). The van der Waals surface area contributed by atoms with E-state index in [1.54, 1.807) is 30.3 Å². The maximum absolute atomic E-state index is 13.1. The van der Waals surface area contributed by atoms with Gasteiger partial charge in [-0.3, -0.25) is 4.72 Å². The number of halogens is 4. The fraction of sp³-hybridized carbons (Fsp3) is 0.167. The van der Waals surface area contributed by atoms with Crippen molar-refractivity contribution in [3.63, 3.8) is 0 Å². The lowest BCUT2D eigenvalue weighted by Gasteiger charge is -2.38. The number of nitrogens with one attached hydrogen (secondary N) is 2. The summed E-state index contributed by atoms with van der Waals surface area (Å²) >= 11 is 25.2. The Balaban J connectivity index is 1.52. The molecule has 0 saturated carbocycles. The molecule has 3 atom stereocenters. The van der Waals surface area contributed by atoms with Gasteiger partial charge < -0.3 is 5.32 Å². The predicted octanol–water partition coefficient (Wildman–Crippen LogP) is 7.93. The van der Waals surface area contributed by atoms with Crippen LogP contribution in [0.3, 0.4) is 0 Å². The maximum Gasteiger partial charge on any atom is 0.261 e. The zero-order valence-electron chi connectivity index (χ0n) is 17.0. The van der Waals surface area contributed by atoms with Crippen LogP contribution in [0, 0.1) is 5.92 Å². The second kappa shape index (κ2) is 8.71. The van der Waals surface area contributed by atoms with Crippen LogP contribution in [0.5, 0.6) is 0 Å². The maximum atomic E-state index is 13.1. The van der Waals surface area contributed by atoms with Gasteiger partial charge in [0.25, 0.3) is 10.0 Å². The molecule has 9 heteroatoms. The molecule has 0 fully saturated rings. The second-order valence-corrected chi connectivity index (χ2v) is 11.4. The lowest BCUT2D eigenvalue weighted by molar-refractivity contribution is 0.425. The summed E-state index contributed by atoms with van der Waals surface area (Å²) in [5.41, 5.74) is 2.85. The number of fused-ring (bicyclic) bond motifs is 3. The fourth-order valence-corrected chi connectivity index (χ4v) is 6.74. The number of allylic oxidation sites excluding steroid dienone is 2. The summed E-state index contributed by atoms with van der Waals surface area (Å²) < 4.78 is 28.8. The van der Waals surface area contributed by atoms with Crippen molar-refractivity contribution < 1.29 is 8.42 Å². The van der Waals surface area contributed by atoms with Crippen LogP contribution < -0.4 is 10.0 Å². The topological polar surface area (TPSA) is 58.2 Å². The van der Waals surface area contributed by atoms with Crippen molar-refractivity contribution in [1.82, 2.24) is 0 Å². The van der Waals surface area contributed by atoms with Gasteiger partial charge in [0, 0.05) is 32.2 Å². The summed E-state index contributed by atoms with van der Waals surface area (Å²) in [6.45, 7) is 0. The van der Waals surface area contributed by atoms with Gasteiger partial charge in [-0.05, 0) is 66.4 Å². The van der Waals surface area contributed by atoms with E-state index in [1.807, 2.05) is 18.2 Å². The highest BCUT2D eigenvalue weighted by molar-refractivity contribution is 7.92. The largest absolute Gasteiger partial charge is 0.378 e. The van der Waals surface area contributed by atoms with Gasteiger partial charge in [-0.2, -0.15) is 0 Å². The minimum absolute atomic E-state index is 0.0310. The monoisotopic (exact) mass is 538 g/mol. The minimum atomic E-state index is -3.88. The van der Waals surface area contributed by atoms with Gasteiger partial charge in [0.05, 0.1) is 21.6 Å². The van der Waals surface area contributed by atoms with Crippen molar-refractivity contribution >= 4 is 67.8 Å². The van der Waals surface area contributed by atoms with E-state index in [4.69, 9.17) is 46.4 Å². The van der Waals surface area contributed by atoms with Crippen molar-refractivity contribution in [2.45, 2.75) is 23.3 Å². The normalized spacial score (nSPS) is 21.3. The standard InChI is InChI=1S/C24H18Cl4N2O2S/c25-13-7-9-18(26)22(11-13)30-33(31,32)14-8-10-21-17(12-14)15-3-1-4-16(15)24(29-21)23-19(27)5-2-6-20(23)28/h1-3,5-12,15-16,24,29-30H,4H2/t15-,16+,24-/m0/s1. The van der Waals surface area contributed by atoms with E-state index < -0.39 is 10.0 Å².